The van der Waals surface area contributed by atoms with Crippen LogP contribution in [0.3, 0.4) is 0 Å². The van der Waals surface area contributed by atoms with E-state index in [0.29, 0.717) is 24.6 Å². The average molecular weight is 437 g/mol. The highest BCUT2D eigenvalue weighted by Gasteiger charge is 2.57. The summed E-state index contributed by atoms with van der Waals surface area (Å²) in [7, 11) is 1.36. The van der Waals surface area contributed by atoms with Crippen LogP contribution >= 0.6 is 0 Å². The van der Waals surface area contributed by atoms with Crippen molar-refractivity contribution in [3.63, 3.8) is 0 Å². The highest BCUT2D eigenvalue weighted by molar-refractivity contribution is 5.75. The molecule has 3 rings (SSSR count). The fourth-order valence-electron chi connectivity index (χ4n) is 3.07. The van der Waals surface area contributed by atoms with E-state index in [2.05, 4.69) is 20.5 Å². The standard InChI is InChI=1S/C20H22F3N5O3/c1-28-13-12-25-18(28)19(30,20(21,22)23)10-11-24-15(29)8-5-9-16-26-27-17(31-16)14-6-3-2-4-7-14/h2-4,6-7,12-13,30H,5,8-11H2,1H3,(H,24,29). The number of aliphatic hydroxyl groups is 1. The third kappa shape index (κ3) is 5.29. The Labute approximate surface area is 176 Å². The number of halogens is 3. The Bertz CT molecular complexity index is 1000. The molecule has 8 nitrogen and oxygen atoms in total. The summed E-state index contributed by atoms with van der Waals surface area (Å²) >= 11 is 0. The van der Waals surface area contributed by atoms with Gasteiger partial charge in [0.2, 0.25) is 23.3 Å². The van der Waals surface area contributed by atoms with Crippen LogP contribution in [-0.4, -0.2) is 43.5 Å². The van der Waals surface area contributed by atoms with Gasteiger partial charge in [-0.25, -0.2) is 4.98 Å². The smallest absolute Gasteiger partial charge is 0.421 e. The molecule has 31 heavy (non-hydrogen) atoms. The summed E-state index contributed by atoms with van der Waals surface area (Å²) in [5.41, 5.74) is -2.38. The summed E-state index contributed by atoms with van der Waals surface area (Å²) in [6.45, 7) is -0.361. The molecule has 0 aliphatic heterocycles. The van der Waals surface area contributed by atoms with Gasteiger partial charge in [0.25, 0.3) is 0 Å². The van der Waals surface area contributed by atoms with Crippen molar-refractivity contribution >= 4 is 5.91 Å². The maximum Gasteiger partial charge on any atom is 0.424 e. The van der Waals surface area contributed by atoms with Gasteiger partial charge in [0, 0.05) is 50.8 Å². The van der Waals surface area contributed by atoms with Crippen molar-refractivity contribution in [1.29, 1.82) is 0 Å². The Morgan fingerprint density at radius 3 is 2.61 bits per heavy atom. The Morgan fingerprint density at radius 2 is 1.97 bits per heavy atom. The maximum atomic E-state index is 13.4. The van der Waals surface area contributed by atoms with E-state index in [1.165, 1.54) is 19.4 Å². The number of aromatic nitrogens is 4. The van der Waals surface area contributed by atoms with Gasteiger partial charge in [0.15, 0.2) is 0 Å². The second-order valence-electron chi connectivity index (χ2n) is 7.04. The monoisotopic (exact) mass is 437 g/mol. The van der Waals surface area contributed by atoms with Gasteiger partial charge in [0.05, 0.1) is 0 Å². The predicted molar refractivity (Wildman–Crippen MR) is 103 cm³/mol. The Kier molecular flexibility index (Phi) is 6.74. The van der Waals surface area contributed by atoms with Gasteiger partial charge in [-0.2, -0.15) is 13.2 Å². The minimum absolute atomic E-state index is 0.0654. The van der Waals surface area contributed by atoms with Crippen molar-refractivity contribution in [3.05, 3.63) is 54.4 Å². The van der Waals surface area contributed by atoms with E-state index < -0.39 is 29.9 Å². The molecule has 0 spiro atoms. The lowest BCUT2D eigenvalue weighted by atomic mass is 9.97. The van der Waals surface area contributed by atoms with Crippen LogP contribution in [0.5, 0.6) is 0 Å². The molecule has 166 valence electrons. The van der Waals surface area contributed by atoms with Gasteiger partial charge in [-0.1, -0.05) is 18.2 Å². The van der Waals surface area contributed by atoms with Crippen molar-refractivity contribution in [2.24, 2.45) is 7.05 Å². The molecule has 0 saturated heterocycles. The van der Waals surface area contributed by atoms with Crippen LogP contribution in [-0.2, 0) is 23.9 Å². The molecule has 1 aromatic carbocycles. The fraction of sp³-hybridized carbons (Fsp3) is 0.400. The first-order valence-corrected chi connectivity index (χ1v) is 9.62. The number of hydrogen-bond acceptors (Lipinski definition) is 6. The Morgan fingerprint density at radius 1 is 1.23 bits per heavy atom. The van der Waals surface area contributed by atoms with E-state index in [4.69, 9.17) is 4.42 Å². The SMILES string of the molecule is Cn1ccnc1C(O)(CCNC(=O)CCCc1nnc(-c2ccccc2)o1)C(F)(F)F. The van der Waals surface area contributed by atoms with Crippen LogP contribution in [0.1, 0.15) is 31.0 Å². The molecule has 0 saturated carbocycles. The minimum Gasteiger partial charge on any atom is -0.421 e. The van der Waals surface area contributed by atoms with Crippen molar-refractivity contribution in [3.8, 4) is 11.5 Å². The molecule has 2 aromatic heterocycles. The summed E-state index contributed by atoms with van der Waals surface area (Å²) < 4.78 is 47.0. The van der Waals surface area contributed by atoms with Crippen molar-refractivity contribution < 1.29 is 27.5 Å². The minimum atomic E-state index is -4.94. The first-order chi connectivity index (χ1) is 14.7. The summed E-state index contributed by atoms with van der Waals surface area (Å²) in [4.78, 5) is 15.6. The molecule has 0 aliphatic carbocycles. The normalized spacial score (nSPS) is 13.7. The topological polar surface area (TPSA) is 106 Å². The van der Waals surface area contributed by atoms with Crippen LogP contribution in [0.4, 0.5) is 13.2 Å². The number of aryl methyl sites for hydroxylation is 2. The number of nitrogens with zero attached hydrogens (tertiary/aromatic N) is 4. The van der Waals surface area contributed by atoms with Gasteiger partial charge in [-0.15, -0.1) is 10.2 Å². The second kappa shape index (κ2) is 9.29. The number of alkyl halides is 3. The van der Waals surface area contributed by atoms with Crippen molar-refractivity contribution in [2.45, 2.75) is 37.5 Å². The third-order valence-corrected chi connectivity index (χ3v) is 4.75. The molecule has 2 N–H and O–H groups in total. The first-order valence-electron chi connectivity index (χ1n) is 9.62. The zero-order valence-corrected chi connectivity index (χ0v) is 16.8. The molecule has 11 heteroatoms. The van der Waals surface area contributed by atoms with Crippen LogP contribution in [0.25, 0.3) is 11.5 Å². The Balaban J connectivity index is 1.46. The van der Waals surface area contributed by atoms with E-state index in [1.54, 1.807) is 0 Å². The molecule has 0 fully saturated rings. The van der Waals surface area contributed by atoms with Crippen LogP contribution in [0.2, 0.25) is 0 Å². The van der Waals surface area contributed by atoms with Gasteiger partial charge in [-0.3, -0.25) is 4.79 Å². The lowest BCUT2D eigenvalue weighted by molar-refractivity contribution is -0.272. The van der Waals surface area contributed by atoms with Gasteiger partial charge in [0.1, 0.15) is 5.82 Å². The van der Waals surface area contributed by atoms with Gasteiger partial charge >= 0.3 is 6.18 Å². The Hall–Kier alpha value is -3.21. The predicted octanol–water partition coefficient (Wildman–Crippen LogP) is 2.75. The summed E-state index contributed by atoms with van der Waals surface area (Å²) in [6.07, 6.45) is -2.41. The third-order valence-electron chi connectivity index (χ3n) is 4.75. The zero-order valence-electron chi connectivity index (χ0n) is 16.8. The molecule has 0 radical (unpaired) electrons. The van der Waals surface area contributed by atoms with Crippen molar-refractivity contribution in [1.82, 2.24) is 25.1 Å². The van der Waals surface area contributed by atoms with E-state index in [0.717, 1.165) is 10.1 Å². The maximum absolute atomic E-state index is 13.4. The van der Waals surface area contributed by atoms with Crippen LogP contribution < -0.4 is 5.32 Å². The molecule has 2 heterocycles. The molecular formula is C20H22F3N5O3. The van der Waals surface area contributed by atoms with E-state index in [9.17, 15) is 23.1 Å². The average Bonchev–Trinajstić information content (AvgIpc) is 3.37. The molecular weight excluding hydrogens is 415 g/mol. The quantitative estimate of drug-likeness (QED) is 0.533. The van der Waals surface area contributed by atoms with E-state index >= 15 is 0 Å². The largest absolute Gasteiger partial charge is 0.424 e. The molecule has 0 aliphatic rings. The fourth-order valence-corrected chi connectivity index (χ4v) is 3.07. The number of imidazole rings is 1. The molecule has 1 amide bonds. The van der Waals surface area contributed by atoms with Gasteiger partial charge < -0.3 is 19.4 Å². The molecule has 1 unspecified atom stereocenters. The number of amides is 1. The number of rotatable bonds is 9. The number of hydrogen-bond donors (Lipinski definition) is 2. The zero-order chi connectivity index (χ0) is 22.5. The van der Waals surface area contributed by atoms with Crippen molar-refractivity contribution in [2.75, 3.05) is 6.54 Å². The summed E-state index contributed by atoms with van der Waals surface area (Å²) in [5, 5.41) is 20.5. The molecule has 3 aromatic rings. The number of benzene rings is 1. The van der Waals surface area contributed by atoms with Gasteiger partial charge in [-0.05, 0) is 18.6 Å². The first kappa shape index (κ1) is 22.5. The highest BCUT2D eigenvalue weighted by Crippen LogP contribution is 2.40. The lowest BCUT2D eigenvalue weighted by Gasteiger charge is -2.29. The second-order valence-corrected chi connectivity index (χ2v) is 7.04. The molecule has 1 atom stereocenters. The van der Waals surface area contributed by atoms with E-state index in [-0.39, 0.29) is 13.0 Å². The van der Waals surface area contributed by atoms with Crippen LogP contribution in [0, 0.1) is 0 Å². The van der Waals surface area contributed by atoms with Crippen LogP contribution in [0.15, 0.2) is 47.1 Å². The molecule has 0 bridgehead atoms. The highest BCUT2D eigenvalue weighted by atomic mass is 19.4. The summed E-state index contributed by atoms with van der Waals surface area (Å²) in [5.74, 6) is -0.222. The lowest BCUT2D eigenvalue weighted by Crippen LogP contribution is -2.46. The number of carbonyl (C=O) groups is 1. The van der Waals surface area contributed by atoms with E-state index in [1.807, 2.05) is 30.3 Å². The number of carbonyl (C=O) groups excluding carboxylic acids is 1. The number of nitrogens with one attached hydrogen (secondary N) is 1. The summed E-state index contributed by atoms with van der Waals surface area (Å²) in [6, 6.07) is 9.22.